The smallest absolute Gasteiger partial charge is 0.258 e. The quantitative estimate of drug-likeness (QED) is 0.695. The van der Waals surface area contributed by atoms with Gasteiger partial charge in [-0.2, -0.15) is 4.98 Å². The van der Waals surface area contributed by atoms with E-state index < -0.39 is 0 Å². The Hall–Kier alpha value is -2.05. The molecule has 0 bridgehead atoms. The van der Waals surface area contributed by atoms with Crippen LogP contribution < -0.4 is 5.73 Å². The highest BCUT2D eigenvalue weighted by Crippen LogP contribution is 2.32. The fraction of sp³-hybridized carbons (Fsp3) is 0.222. The van der Waals surface area contributed by atoms with Gasteiger partial charge in [-0.1, -0.05) is 27.2 Å². The molecule has 2 aromatic carbocycles. The Labute approximate surface area is 147 Å². The molecule has 0 fully saturated rings. The van der Waals surface area contributed by atoms with Gasteiger partial charge in [-0.25, -0.2) is 4.39 Å². The Morgan fingerprint density at radius 2 is 2.04 bits per heavy atom. The number of nitrogens with zero attached hydrogens (tertiary/aromatic N) is 2. The summed E-state index contributed by atoms with van der Waals surface area (Å²) in [6.45, 7) is 0. The van der Waals surface area contributed by atoms with Gasteiger partial charge < -0.3 is 10.3 Å². The van der Waals surface area contributed by atoms with Gasteiger partial charge in [0.25, 0.3) is 5.89 Å². The normalized spacial score (nSPS) is 16.9. The SMILES string of the molecule is NC1CCCc2cc(-c3nc(-c4cc(F)cc(Br)c4)no3)ccc21. The number of rotatable bonds is 2. The minimum absolute atomic E-state index is 0.102. The molecule has 1 aliphatic carbocycles. The van der Waals surface area contributed by atoms with Crippen molar-refractivity contribution >= 4 is 15.9 Å². The summed E-state index contributed by atoms with van der Waals surface area (Å²) >= 11 is 3.27. The van der Waals surface area contributed by atoms with Crippen molar-refractivity contribution in [3.05, 3.63) is 57.8 Å². The Kier molecular flexibility index (Phi) is 3.94. The van der Waals surface area contributed by atoms with Gasteiger partial charge in [0.15, 0.2) is 0 Å². The van der Waals surface area contributed by atoms with Crippen LogP contribution in [0.1, 0.15) is 30.0 Å². The van der Waals surface area contributed by atoms with Crippen molar-refractivity contribution in [1.29, 1.82) is 0 Å². The first-order valence-corrected chi connectivity index (χ1v) is 8.58. The van der Waals surface area contributed by atoms with Crippen molar-refractivity contribution in [3.63, 3.8) is 0 Å². The van der Waals surface area contributed by atoms with Crippen molar-refractivity contribution in [2.75, 3.05) is 0 Å². The monoisotopic (exact) mass is 387 g/mol. The van der Waals surface area contributed by atoms with E-state index in [0.717, 1.165) is 24.8 Å². The summed E-state index contributed by atoms with van der Waals surface area (Å²) in [4.78, 5) is 4.40. The second-order valence-electron chi connectivity index (χ2n) is 5.99. The molecule has 6 heteroatoms. The lowest BCUT2D eigenvalue weighted by molar-refractivity contribution is 0.432. The summed E-state index contributed by atoms with van der Waals surface area (Å²) in [5, 5.41) is 3.97. The fourth-order valence-electron chi connectivity index (χ4n) is 3.13. The van der Waals surface area contributed by atoms with Crippen LogP contribution in [0.25, 0.3) is 22.8 Å². The van der Waals surface area contributed by atoms with Crippen LogP contribution in [0.4, 0.5) is 4.39 Å². The molecular weight excluding hydrogens is 373 g/mol. The van der Waals surface area contributed by atoms with Crippen LogP contribution in [0.2, 0.25) is 0 Å². The zero-order valence-corrected chi connectivity index (χ0v) is 14.4. The number of halogens is 2. The maximum Gasteiger partial charge on any atom is 0.258 e. The van der Waals surface area contributed by atoms with Crippen molar-refractivity contribution in [2.45, 2.75) is 25.3 Å². The van der Waals surface area contributed by atoms with Crippen LogP contribution in [0.15, 0.2) is 45.4 Å². The summed E-state index contributed by atoms with van der Waals surface area (Å²) in [6, 6.07) is 10.7. The average Bonchev–Trinajstić information content (AvgIpc) is 3.04. The second-order valence-corrected chi connectivity index (χ2v) is 6.91. The molecule has 3 aromatic rings. The highest BCUT2D eigenvalue weighted by atomic mass is 79.9. The molecule has 0 aliphatic heterocycles. The number of benzene rings is 2. The number of hydrogen-bond donors (Lipinski definition) is 1. The third-order valence-electron chi connectivity index (χ3n) is 4.30. The Morgan fingerprint density at radius 1 is 1.17 bits per heavy atom. The molecule has 1 heterocycles. The molecule has 4 nitrogen and oxygen atoms in total. The van der Waals surface area contributed by atoms with Crippen molar-refractivity contribution in [2.24, 2.45) is 5.73 Å². The van der Waals surface area contributed by atoms with E-state index in [0.29, 0.717) is 21.8 Å². The van der Waals surface area contributed by atoms with Gasteiger partial charge in [-0.3, -0.25) is 0 Å². The maximum atomic E-state index is 13.5. The molecule has 1 unspecified atom stereocenters. The van der Waals surface area contributed by atoms with Gasteiger partial charge in [0.2, 0.25) is 5.82 Å². The highest BCUT2D eigenvalue weighted by molar-refractivity contribution is 9.10. The lowest BCUT2D eigenvalue weighted by atomic mass is 9.87. The molecule has 1 atom stereocenters. The molecule has 2 N–H and O–H groups in total. The van der Waals surface area contributed by atoms with Crippen molar-refractivity contribution in [3.8, 4) is 22.8 Å². The summed E-state index contributed by atoms with van der Waals surface area (Å²) in [5.74, 6) is 0.431. The van der Waals surface area contributed by atoms with Crippen LogP contribution in [0.3, 0.4) is 0 Å². The van der Waals surface area contributed by atoms with Crippen LogP contribution in [-0.2, 0) is 6.42 Å². The molecule has 4 rings (SSSR count). The van der Waals surface area contributed by atoms with E-state index in [1.165, 1.54) is 23.3 Å². The number of hydrogen-bond acceptors (Lipinski definition) is 4. The molecule has 1 aliphatic rings. The maximum absolute atomic E-state index is 13.5. The van der Waals surface area contributed by atoms with E-state index in [-0.39, 0.29) is 11.9 Å². The summed E-state index contributed by atoms with van der Waals surface area (Å²) < 4.78 is 19.5. The van der Waals surface area contributed by atoms with Crippen LogP contribution in [0, 0.1) is 5.82 Å². The predicted molar refractivity (Wildman–Crippen MR) is 92.7 cm³/mol. The molecule has 1 aromatic heterocycles. The van der Waals surface area contributed by atoms with Crippen LogP contribution in [0.5, 0.6) is 0 Å². The lowest BCUT2D eigenvalue weighted by Gasteiger charge is -2.22. The van der Waals surface area contributed by atoms with Gasteiger partial charge >= 0.3 is 0 Å². The minimum Gasteiger partial charge on any atom is -0.334 e. The van der Waals surface area contributed by atoms with E-state index in [2.05, 4.69) is 32.1 Å². The molecule has 0 spiro atoms. The molecule has 0 saturated carbocycles. The Morgan fingerprint density at radius 3 is 2.88 bits per heavy atom. The third kappa shape index (κ3) is 2.87. The number of aryl methyl sites for hydroxylation is 1. The molecule has 0 saturated heterocycles. The number of nitrogens with two attached hydrogens (primary N) is 1. The first-order chi connectivity index (χ1) is 11.6. The van der Waals surface area contributed by atoms with Crippen LogP contribution >= 0.6 is 15.9 Å². The summed E-state index contributed by atoms with van der Waals surface area (Å²) in [7, 11) is 0. The van der Waals surface area contributed by atoms with E-state index >= 15 is 0 Å². The predicted octanol–water partition coefficient (Wildman–Crippen LogP) is 4.64. The number of fused-ring (bicyclic) bond motifs is 1. The molecule has 0 amide bonds. The summed E-state index contributed by atoms with van der Waals surface area (Å²) in [6.07, 6.45) is 3.12. The Balaban J connectivity index is 1.70. The molecule has 122 valence electrons. The highest BCUT2D eigenvalue weighted by Gasteiger charge is 2.19. The first kappa shape index (κ1) is 15.5. The fourth-order valence-corrected chi connectivity index (χ4v) is 3.59. The molecular formula is C18H15BrFN3O. The second kappa shape index (κ2) is 6.11. The lowest BCUT2D eigenvalue weighted by Crippen LogP contribution is -2.17. The van der Waals surface area contributed by atoms with Gasteiger partial charge in [0.05, 0.1) is 0 Å². The van der Waals surface area contributed by atoms with Crippen LogP contribution in [-0.4, -0.2) is 10.1 Å². The van der Waals surface area contributed by atoms with Gasteiger partial charge in [0.1, 0.15) is 5.82 Å². The zero-order chi connectivity index (χ0) is 16.7. The molecule has 0 radical (unpaired) electrons. The van der Waals surface area contributed by atoms with Crippen molar-refractivity contribution in [1.82, 2.24) is 10.1 Å². The van der Waals surface area contributed by atoms with E-state index in [1.807, 2.05) is 12.1 Å². The summed E-state index contributed by atoms with van der Waals surface area (Å²) in [5.41, 5.74) is 10.0. The van der Waals surface area contributed by atoms with Gasteiger partial charge in [-0.05, 0) is 60.7 Å². The third-order valence-corrected chi connectivity index (χ3v) is 4.76. The minimum atomic E-state index is -0.353. The zero-order valence-electron chi connectivity index (χ0n) is 12.8. The topological polar surface area (TPSA) is 64.9 Å². The van der Waals surface area contributed by atoms with Crippen molar-refractivity contribution < 1.29 is 8.91 Å². The number of aromatic nitrogens is 2. The standard InChI is InChI=1S/C18H15BrFN3O/c19-13-7-12(8-14(20)9-13)17-22-18(24-23-17)11-4-5-15-10(6-11)2-1-3-16(15)21/h4-9,16H,1-3,21H2. The van der Waals surface area contributed by atoms with E-state index in [4.69, 9.17) is 10.3 Å². The van der Waals surface area contributed by atoms with E-state index in [1.54, 1.807) is 6.07 Å². The molecule has 24 heavy (non-hydrogen) atoms. The first-order valence-electron chi connectivity index (χ1n) is 7.79. The van der Waals surface area contributed by atoms with Gasteiger partial charge in [0, 0.05) is 21.6 Å². The van der Waals surface area contributed by atoms with E-state index in [9.17, 15) is 4.39 Å². The Bertz CT molecular complexity index is 889. The largest absolute Gasteiger partial charge is 0.334 e. The van der Waals surface area contributed by atoms with Gasteiger partial charge in [-0.15, -0.1) is 0 Å². The average molecular weight is 388 g/mol.